The molecule has 0 saturated carbocycles. The molecule has 1 aliphatic carbocycles. The van der Waals surface area contributed by atoms with E-state index >= 15 is 0 Å². The number of benzene rings is 1. The largest absolute Gasteiger partial charge is 0.487 e. The second-order valence-corrected chi connectivity index (χ2v) is 6.45. The fourth-order valence-electron chi connectivity index (χ4n) is 2.82. The first kappa shape index (κ1) is 14.5. The van der Waals surface area contributed by atoms with Gasteiger partial charge in [-0.3, -0.25) is 0 Å². The molecule has 0 saturated heterocycles. The van der Waals surface area contributed by atoms with Crippen LogP contribution in [0.5, 0.6) is 5.75 Å². The van der Waals surface area contributed by atoms with Crippen LogP contribution in [0.4, 0.5) is 0 Å². The Kier molecular flexibility index (Phi) is 4.56. The smallest absolute Gasteiger partial charge is 0.131 e. The maximum absolute atomic E-state index is 10.1. The minimum atomic E-state index is -0.340. The molecule has 0 fully saturated rings. The van der Waals surface area contributed by atoms with Gasteiger partial charge < -0.3 is 9.84 Å². The number of rotatable bonds is 5. The summed E-state index contributed by atoms with van der Waals surface area (Å²) in [6.45, 7) is 2.67. The van der Waals surface area contributed by atoms with Crippen LogP contribution in [0.1, 0.15) is 54.1 Å². The first-order chi connectivity index (χ1) is 10.3. The Hall–Kier alpha value is -1.39. The molecule has 112 valence electrons. The fraction of sp³-hybridized carbons (Fsp3) is 0.471. The van der Waals surface area contributed by atoms with Crippen molar-refractivity contribution in [2.45, 2.75) is 51.7 Å². The van der Waals surface area contributed by atoms with Crippen LogP contribution < -0.4 is 4.74 Å². The second kappa shape index (κ2) is 6.58. The van der Waals surface area contributed by atoms with Crippen molar-refractivity contribution >= 4 is 11.3 Å². The number of thiazole rings is 1. The number of aryl methyl sites for hydroxylation is 1. The summed E-state index contributed by atoms with van der Waals surface area (Å²) < 4.78 is 5.96. The SMILES string of the molecule is CCCc1nc(COc2cccc3c2CCCC3O)cs1. The molecule has 0 spiro atoms. The molecule has 21 heavy (non-hydrogen) atoms. The summed E-state index contributed by atoms with van der Waals surface area (Å²) in [5.41, 5.74) is 3.20. The molecular formula is C17H21NO2S. The highest BCUT2D eigenvalue weighted by molar-refractivity contribution is 7.09. The number of fused-ring (bicyclic) bond motifs is 1. The molecule has 4 heteroatoms. The third kappa shape index (κ3) is 3.27. The lowest BCUT2D eigenvalue weighted by molar-refractivity contribution is 0.155. The van der Waals surface area contributed by atoms with Crippen molar-refractivity contribution in [3.05, 3.63) is 45.4 Å². The van der Waals surface area contributed by atoms with Crippen LogP contribution in [0.25, 0.3) is 0 Å². The van der Waals surface area contributed by atoms with Crippen LogP contribution in [0.3, 0.4) is 0 Å². The number of hydrogen-bond donors (Lipinski definition) is 1. The maximum Gasteiger partial charge on any atom is 0.131 e. The van der Waals surface area contributed by atoms with Crippen LogP contribution in [-0.4, -0.2) is 10.1 Å². The summed E-state index contributed by atoms with van der Waals surface area (Å²) in [5, 5.41) is 13.3. The molecule has 1 aromatic heterocycles. The van der Waals surface area contributed by atoms with Gasteiger partial charge in [0.15, 0.2) is 0 Å². The zero-order chi connectivity index (χ0) is 14.7. The van der Waals surface area contributed by atoms with Crippen molar-refractivity contribution in [1.29, 1.82) is 0 Å². The molecule has 1 aromatic carbocycles. The molecule has 0 radical (unpaired) electrons. The molecule has 0 amide bonds. The standard InChI is InChI=1S/C17H21NO2S/c1-2-5-17-18-12(11-21-17)10-20-16-9-4-6-13-14(16)7-3-8-15(13)19/h4,6,9,11,15,19H,2-3,5,7-8,10H2,1H3. The molecule has 2 aromatic rings. The fourth-order valence-corrected chi connectivity index (χ4v) is 3.71. The summed E-state index contributed by atoms with van der Waals surface area (Å²) in [4.78, 5) is 4.59. The number of aliphatic hydroxyl groups excluding tert-OH is 1. The van der Waals surface area contributed by atoms with Crippen LogP contribution >= 0.6 is 11.3 Å². The van der Waals surface area contributed by atoms with Gasteiger partial charge in [-0.2, -0.15) is 0 Å². The number of nitrogens with zero attached hydrogens (tertiary/aromatic N) is 1. The van der Waals surface area contributed by atoms with E-state index in [1.54, 1.807) is 11.3 Å². The van der Waals surface area contributed by atoms with E-state index in [4.69, 9.17) is 4.74 Å². The van der Waals surface area contributed by atoms with E-state index < -0.39 is 0 Å². The monoisotopic (exact) mass is 303 g/mol. The molecule has 1 unspecified atom stereocenters. The second-order valence-electron chi connectivity index (χ2n) is 5.50. The highest BCUT2D eigenvalue weighted by atomic mass is 32.1. The van der Waals surface area contributed by atoms with Gasteiger partial charge in [-0.1, -0.05) is 19.1 Å². The Balaban J connectivity index is 1.71. The minimum absolute atomic E-state index is 0.340. The molecule has 3 nitrogen and oxygen atoms in total. The Morgan fingerprint density at radius 3 is 3.19 bits per heavy atom. The van der Waals surface area contributed by atoms with E-state index in [2.05, 4.69) is 17.3 Å². The van der Waals surface area contributed by atoms with Crippen molar-refractivity contribution < 1.29 is 9.84 Å². The van der Waals surface area contributed by atoms with Crippen LogP contribution in [-0.2, 0) is 19.4 Å². The topological polar surface area (TPSA) is 42.4 Å². The van der Waals surface area contributed by atoms with Crippen molar-refractivity contribution in [1.82, 2.24) is 4.98 Å². The first-order valence-electron chi connectivity index (χ1n) is 7.64. The average Bonchev–Trinajstić information content (AvgIpc) is 2.94. The maximum atomic E-state index is 10.1. The van der Waals surface area contributed by atoms with Gasteiger partial charge >= 0.3 is 0 Å². The van der Waals surface area contributed by atoms with Gasteiger partial charge in [0.25, 0.3) is 0 Å². The highest BCUT2D eigenvalue weighted by Crippen LogP contribution is 2.35. The van der Waals surface area contributed by atoms with E-state index in [1.807, 2.05) is 18.2 Å². The Morgan fingerprint density at radius 1 is 1.43 bits per heavy atom. The molecule has 1 heterocycles. The van der Waals surface area contributed by atoms with E-state index in [1.165, 1.54) is 10.6 Å². The summed E-state index contributed by atoms with van der Waals surface area (Å²) >= 11 is 1.71. The normalized spacial score (nSPS) is 17.5. The third-order valence-electron chi connectivity index (χ3n) is 3.87. The van der Waals surface area contributed by atoms with Crippen molar-refractivity contribution in [3.8, 4) is 5.75 Å². The number of aliphatic hydroxyl groups is 1. The average molecular weight is 303 g/mol. The summed E-state index contributed by atoms with van der Waals surface area (Å²) in [6, 6.07) is 5.97. The van der Waals surface area contributed by atoms with Gasteiger partial charge in [0.1, 0.15) is 12.4 Å². The molecule has 1 N–H and O–H groups in total. The van der Waals surface area contributed by atoms with Crippen molar-refractivity contribution in [2.24, 2.45) is 0 Å². The quantitative estimate of drug-likeness (QED) is 0.906. The Morgan fingerprint density at radius 2 is 2.33 bits per heavy atom. The van der Waals surface area contributed by atoms with Crippen molar-refractivity contribution in [3.63, 3.8) is 0 Å². The summed E-state index contributed by atoms with van der Waals surface area (Å²) in [6.07, 6.45) is 4.68. The van der Waals surface area contributed by atoms with Gasteiger partial charge in [0.2, 0.25) is 0 Å². The molecule has 0 bridgehead atoms. The molecule has 1 aliphatic rings. The lowest BCUT2D eigenvalue weighted by atomic mass is 9.89. The van der Waals surface area contributed by atoms with Crippen LogP contribution in [0.15, 0.2) is 23.6 Å². The molecule has 0 aliphatic heterocycles. The third-order valence-corrected chi connectivity index (χ3v) is 4.83. The molecular weight excluding hydrogens is 282 g/mol. The van der Waals surface area contributed by atoms with Gasteiger partial charge in [-0.15, -0.1) is 11.3 Å². The van der Waals surface area contributed by atoms with Gasteiger partial charge in [0.05, 0.1) is 16.8 Å². The number of ether oxygens (including phenoxy) is 1. The number of aromatic nitrogens is 1. The van der Waals surface area contributed by atoms with Gasteiger partial charge in [-0.05, 0) is 49.3 Å². The van der Waals surface area contributed by atoms with Gasteiger partial charge in [-0.25, -0.2) is 4.98 Å². The Bertz CT molecular complexity index is 609. The van der Waals surface area contributed by atoms with E-state index in [9.17, 15) is 5.11 Å². The van der Waals surface area contributed by atoms with Gasteiger partial charge in [0, 0.05) is 5.38 Å². The zero-order valence-electron chi connectivity index (χ0n) is 12.3. The van der Waals surface area contributed by atoms with Crippen molar-refractivity contribution in [2.75, 3.05) is 0 Å². The van der Waals surface area contributed by atoms with E-state index in [-0.39, 0.29) is 6.10 Å². The van der Waals surface area contributed by atoms with Crippen LogP contribution in [0, 0.1) is 0 Å². The van der Waals surface area contributed by atoms with Crippen LogP contribution in [0.2, 0.25) is 0 Å². The summed E-state index contributed by atoms with van der Waals surface area (Å²) in [5.74, 6) is 0.899. The first-order valence-corrected chi connectivity index (χ1v) is 8.52. The Labute approximate surface area is 129 Å². The highest BCUT2D eigenvalue weighted by Gasteiger charge is 2.20. The molecule has 3 rings (SSSR count). The predicted molar refractivity (Wildman–Crippen MR) is 84.8 cm³/mol. The van der Waals surface area contributed by atoms with E-state index in [0.29, 0.717) is 6.61 Å². The predicted octanol–water partition coefficient (Wildman–Crippen LogP) is 4.04. The lowest BCUT2D eigenvalue weighted by Crippen LogP contribution is -2.11. The number of hydrogen-bond acceptors (Lipinski definition) is 4. The zero-order valence-corrected chi connectivity index (χ0v) is 13.2. The molecule has 1 atom stereocenters. The van der Waals surface area contributed by atoms with E-state index in [0.717, 1.165) is 49.1 Å². The minimum Gasteiger partial charge on any atom is -0.487 e. The summed E-state index contributed by atoms with van der Waals surface area (Å²) in [7, 11) is 0. The lowest BCUT2D eigenvalue weighted by Gasteiger charge is -2.23.